The van der Waals surface area contributed by atoms with Crippen LogP contribution in [0.5, 0.6) is 0 Å². The Kier molecular flexibility index (Phi) is 5.28. The number of methoxy groups -OCH3 is 1. The zero-order valence-corrected chi connectivity index (χ0v) is 13.2. The molecule has 1 aromatic carbocycles. The van der Waals surface area contributed by atoms with E-state index >= 15 is 0 Å². The molecule has 0 fully saturated rings. The van der Waals surface area contributed by atoms with Gasteiger partial charge in [-0.1, -0.05) is 30.1 Å². The maximum Gasteiger partial charge on any atom is 0.373 e. The molecule has 0 bridgehead atoms. The monoisotopic (exact) mass is 327 g/mol. The number of esters is 1. The van der Waals surface area contributed by atoms with Gasteiger partial charge in [-0.3, -0.25) is 0 Å². The summed E-state index contributed by atoms with van der Waals surface area (Å²) in [6.07, 6.45) is 0. The second-order valence-electron chi connectivity index (χ2n) is 4.35. The number of hydrogen-bond donors (Lipinski definition) is 1. The van der Waals surface area contributed by atoms with E-state index in [1.165, 1.54) is 7.11 Å². The standard InChI is InChI=1S/C15H15Cl2NO3/c1-3-18-14(10-8-9(16)4-5-11(10)17)12-6-7-13(21-12)15(19)20-2/h4-8,14,18H,3H2,1-2H3. The Morgan fingerprint density at radius 2 is 2.10 bits per heavy atom. The Morgan fingerprint density at radius 1 is 1.33 bits per heavy atom. The molecular weight excluding hydrogens is 313 g/mol. The van der Waals surface area contributed by atoms with Gasteiger partial charge in [-0.05, 0) is 42.4 Å². The molecule has 1 unspecified atom stereocenters. The van der Waals surface area contributed by atoms with Crippen molar-refractivity contribution in [3.63, 3.8) is 0 Å². The SMILES string of the molecule is CCNC(c1ccc(C(=O)OC)o1)c1cc(Cl)ccc1Cl. The first-order chi connectivity index (χ1) is 10.1. The smallest absolute Gasteiger partial charge is 0.373 e. The third kappa shape index (κ3) is 3.59. The summed E-state index contributed by atoms with van der Waals surface area (Å²) in [5.41, 5.74) is 0.789. The van der Waals surface area contributed by atoms with Crippen molar-refractivity contribution in [3.8, 4) is 0 Å². The van der Waals surface area contributed by atoms with E-state index in [9.17, 15) is 4.79 Å². The maximum absolute atomic E-state index is 11.5. The number of rotatable bonds is 5. The fourth-order valence-electron chi connectivity index (χ4n) is 2.02. The molecule has 4 nitrogen and oxygen atoms in total. The van der Waals surface area contributed by atoms with Crippen molar-refractivity contribution in [1.29, 1.82) is 0 Å². The van der Waals surface area contributed by atoms with Crippen molar-refractivity contribution in [2.75, 3.05) is 13.7 Å². The molecule has 1 heterocycles. The number of ether oxygens (including phenoxy) is 1. The molecule has 0 amide bonds. The lowest BCUT2D eigenvalue weighted by atomic mass is 10.0. The third-order valence-electron chi connectivity index (χ3n) is 2.98. The molecule has 0 radical (unpaired) electrons. The summed E-state index contributed by atoms with van der Waals surface area (Å²) in [7, 11) is 1.31. The fraction of sp³-hybridized carbons (Fsp3) is 0.267. The first kappa shape index (κ1) is 15.9. The predicted molar refractivity (Wildman–Crippen MR) is 82.0 cm³/mol. The van der Waals surface area contributed by atoms with Crippen molar-refractivity contribution in [1.82, 2.24) is 5.32 Å². The van der Waals surface area contributed by atoms with Gasteiger partial charge in [0.05, 0.1) is 13.2 Å². The second kappa shape index (κ2) is 6.98. The lowest BCUT2D eigenvalue weighted by Gasteiger charge is -2.17. The van der Waals surface area contributed by atoms with Crippen LogP contribution in [0, 0.1) is 0 Å². The van der Waals surface area contributed by atoms with E-state index in [1.54, 1.807) is 30.3 Å². The van der Waals surface area contributed by atoms with Gasteiger partial charge in [0, 0.05) is 10.0 Å². The molecule has 0 aliphatic carbocycles. The Labute approximate surface area is 133 Å². The fourth-order valence-corrected chi connectivity index (χ4v) is 2.43. The molecule has 0 spiro atoms. The normalized spacial score (nSPS) is 12.2. The summed E-state index contributed by atoms with van der Waals surface area (Å²) in [6, 6.07) is 8.23. The lowest BCUT2D eigenvalue weighted by molar-refractivity contribution is 0.0562. The van der Waals surface area contributed by atoms with E-state index in [2.05, 4.69) is 10.1 Å². The van der Waals surface area contributed by atoms with Crippen molar-refractivity contribution in [3.05, 3.63) is 57.5 Å². The number of hydrogen-bond acceptors (Lipinski definition) is 4. The van der Waals surface area contributed by atoms with Crippen LogP contribution in [-0.4, -0.2) is 19.6 Å². The van der Waals surface area contributed by atoms with Crippen molar-refractivity contribution in [2.45, 2.75) is 13.0 Å². The summed E-state index contributed by atoms with van der Waals surface area (Å²) in [6.45, 7) is 2.66. The van der Waals surface area contributed by atoms with Crippen LogP contribution in [0.25, 0.3) is 0 Å². The van der Waals surface area contributed by atoms with E-state index in [0.717, 1.165) is 5.56 Å². The molecule has 0 aliphatic rings. The molecule has 21 heavy (non-hydrogen) atoms. The Balaban J connectivity index is 2.41. The molecule has 1 N–H and O–H groups in total. The highest BCUT2D eigenvalue weighted by Gasteiger charge is 2.22. The summed E-state index contributed by atoms with van der Waals surface area (Å²) in [4.78, 5) is 11.5. The quantitative estimate of drug-likeness (QED) is 0.841. The van der Waals surface area contributed by atoms with E-state index in [1.807, 2.05) is 6.92 Å². The van der Waals surface area contributed by atoms with Crippen LogP contribution < -0.4 is 5.32 Å². The Morgan fingerprint density at radius 3 is 2.76 bits per heavy atom. The van der Waals surface area contributed by atoms with E-state index in [4.69, 9.17) is 27.6 Å². The number of furan rings is 1. The minimum Gasteiger partial charge on any atom is -0.463 e. The average molecular weight is 328 g/mol. The van der Waals surface area contributed by atoms with Crippen LogP contribution in [0.15, 0.2) is 34.7 Å². The van der Waals surface area contributed by atoms with Gasteiger partial charge >= 0.3 is 5.97 Å². The van der Waals surface area contributed by atoms with Crippen LogP contribution in [0.1, 0.15) is 34.8 Å². The molecule has 1 atom stereocenters. The number of carbonyl (C=O) groups excluding carboxylic acids is 1. The van der Waals surface area contributed by atoms with Crippen LogP contribution in [0.3, 0.4) is 0 Å². The number of benzene rings is 1. The van der Waals surface area contributed by atoms with Gasteiger partial charge < -0.3 is 14.5 Å². The largest absolute Gasteiger partial charge is 0.463 e. The summed E-state index contributed by atoms with van der Waals surface area (Å²) in [5, 5.41) is 4.42. The first-order valence-corrected chi connectivity index (χ1v) is 7.18. The van der Waals surface area contributed by atoms with Gasteiger partial charge in [0.1, 0.15) is 5.76 Å². The molecule has 2 aromatic rings. The zero-order valence-electron chi connectivity index (χ0n) is 11.7. The van der Waals surface area contributed by atoms with E-state index in [0.29, 0.717) is 22.4 Å². The Bertz CT molecular complexity index is 640. The number of carbonyl (C=O) groups is 1. The maximum atomic E-state index is 11.5. The van der Waals surface area contributed by atoms with Gasteiger partial charge in [0.2, 0.25) is 5.76 Å². The molecular formula is C15H15Cl2NO3. The Hall–Kier alpha value is -1.49. The number of nitrogens with one attached hydrogen (secondary N) is 1. The molecule has 0 saturated carbocycles. The predicted octanol–water partition coefficient (Wildman–Crippen LogP) is 4.07. The minimum atomic E-state index is -0.520. The highest BCUT2D eigenvalue weighted by atomic mass is 35.5. The summed E-state index contributed by atoms with van der Waals surface area (Å²) < 4.78 is 10.2. The van der Waals surface area contributed by atoms with Gasteiger partial charge in [0.25, 0.3) is 0 Å². The van der Waals surface area contributed by atoms with E-state index < -0.39 is 5.97 Å². The molecule has 6 heteroatoms. The molecule has 0 aliphatic heterocycles. The van der Waals surface area contributed by atoms with Gasteiger partial charge in [-0.25, -0.2) is 4.79 Å². The van der Waals surface area contributed by atoms with Crippen LogP contribution in [0.4, 0.5) is 0 Å². The number of halogens is 2. The highest BCUT2D eigenvalue weighted by molar-refractivity contribution is 6.33. The zero-order chi connectivity index (χ0) is 15.4. The molecule has 2 rings (SSSR count). The summed E-state index contributed by atoms with van der Waals surface area (Å²) in [5.74, 6) is 0.198. The van der Waals surface area contributed by atoms with Gasteiger partial charge in [0.15, 0.2) is 0 Å². The topological polar surface area (TPSA) is 51.5 Å². The molecule has 112 valence electrons. The second-order valence-corrected chi connectivity index (χ2v) is 5.19. The van der Waals surface area contributed by atoms with Crippen molar-refractivity contribution in [2.24, 2.45) is 0 Å². The van der Waals surface area contributed by atoms with Crippen LogP contribution >= 0.6 is 23.2 Å². The van der Waals surface area contributed by atoms with Crippen LogP contribution in [-0.2, 0) is 4.74 Å². The van der Waals surface area contributed by atoms with Crippen LogP contribution in [0.2, 0.25) is 10.0 Å². The van der Waals surface area contributed by atoms with Gasteiger partial charge in [-0.2, -0.15) is 0 Å². The minimum absolute atomic E-state index is 0.147. The summed E-state index contributed by atoms with van der Waals surface area (Å²) >= 11 is 12.3. The first-order valence-electron chi connectivity index (χ1n) is 6.43. The van der Waals surface area contributed by atoms with Crippen molar-refractivity contribution >= 4 is 29.2 Å². The van der Waals surface area contributed by atoms with Crippen molar-refractivity contribution < 1.29 is 13.9 Å². The third-order valence-corrected chi connectivity index (χ3v) is 3.55. The van der Waals surface area contributed by atoms with Gasteiger partial charge in [-0.15, -0.1) is 0 Å². The molecule has 0 saturated heterocycles. The lowest BCUT2D eigenvalue weighted by Crippen LogP contribution is -2.22. The highest BCUT2D eigenvalue weighted by Crippen LogP contribution is 2.31. The average Bonchev–Trinajstić information content (AvgIpc) is 2.96. The molecule has 1 aromatic heterocycles. The van der Waals surface area contributed by atoms with E-state index in [-0.39, 0.29) is 11.8 Å².